The summed E-state index contributed by atoms with van der Waals surface area (Å²) < 4.78 is 111. The zero-order valence-electron chi connectivity index (χ0n) is 40.4. The number of sulfone groups is 1. The minimum absolute atomic E-state index is 0.0912. The number of fused-ring (bicyclic) bond motifs is 1. The molecule has 2 aromatic carbocycles. The normalized spacial score (nSPS) is 17.7. The van der Waals surface area contributed by atoms with Crippen molar-refractivity contribution < 1.29 is 39.8 Å². The Morgan fingerprint density at radius 3 is 1.64 bits per heavy atom. The Morgan fingerprint density at radius 1 is 0.627 bits per heavy atom. The number of nitrogens with zero attached hydrogens (tertiary/aromatic N) is 5. The Balaban J connectivity index is 1.01. The van der Waals surface area contributed by atoms with Crippen LogP contribution in [-0.4, -0.2) is 112 Å². The highest BCUT2D eigenvalue weighted by atomic mass is 32.2. The van der Waals surface area contributed by atoms with Gasteiger partial charge in [-0.3, -0.25) is 14.8 Å². The first-order chi connectivity index (χ1) is 32.4. The minimum atomic E-state index is -4.99. The molecule has 0 spiro atoms. The average Bonchev–Trinajstić information content (AvgIpc) is 3.32. The first-order valence-corrected chi connectivity index (χ1v) is 27.4. The summed E-state index contributed by atoms with van der Waals surface area (Å²) in [6.45, 7) is 12.6. The van der Waals surface area contributed by atoms with Crippen molar-refractivity contribution in [3.8, 4) is 11.5 Å². The maximum Gasteiger partial charge on any atom is 0.573 e. The first kappa shape index (κ1) is 53.1. The summed E-state index contributed by atoms with van der Waals surface area (Å²) in [5.74, 6) is -3.91. The molecule has 3 aromatic rings. The number of hydrogen-bond donors (Lipinski definition) is 0. The predicted octanol–water partition coefficient (Wildman–Crippen LogP) is 12.7. The van der Waals surface area contributed by atoms with Gasteiger partial charge in [-0.1, -0.05) is 123 Å². The third-order valence-electron chi connectivity index (χ3n) is 14.5. The van der Waals surface area contributed by atoms with E-state index in [0.717, 1.165) is 95.5 Å². The highest BCUT2D eigenvalue weighted by Gasteiger charge is 2.36. The number of pyridine rings is 1. The lowest BCUT2D eigenvalue weighted by atomic mass is 9.99. The largest absolute Gasteiger partial charge is 0.573 e. The predicted molar refractivity (Wildman–Crippen MR) is 258 cm³/mol. The molecule has 0 saturated carbocycles. The topological polar surface area (TPSA) is 78.4 Å². The van der Waals surface area contributed by atoms with E-state index in [9.17, 15) is 21.6 Å². The summed E-state index contributed by atoms with van der Waals surface area (Å²) in [7, 11) is -4.80. The van der Waals surface area contributed by atoms with Crippen LogP contribution in [0.5, 0.6) is 11.5 Å². The van der Waals surface area contributed by atoms with E-state index in [1.54, 1.807) is 0 Å². The second-order valence-corrected chi connectivity index (χ2v) is 21.1. The molecule has 3 saturated heterocycles. The number of halogens is 5. The third kappa shape index (κ3) is 15.6. The van der Waals surface area contributed by atoms with Gasteiger partial charge in [0, 0.05) is 62.9 Å². The highest BCUT2D eigenvalue weighted by Crippen LogP contribution is 2.41. The molecule has 0 aliphatic carbocycles. The molecule has 0 N–H and O–H groups in total. The summed E-state index contributed by atoms with van der Waals surface area (Å²) in [5, 5.41) is 0.106. The Morgan fingerprint density at radius 2 is 1.13 bits per heavy atom. The Kier molecular flexibility index (Phi) is 21.1. The number of ether oxygens (including phenoxy) is 2. The van der Waals surface area contributed by atoms with Crippen molar-refractivity contribution >= 4 is 26.4 Å². The SMILES string of the molecule is CCCCCCCCCCCCCCCCCCCCOc1ccc(S(=O)(=O)c2cnc3ccc(OC(F)(F)F)cc3c2N2CCC(N3CCN(C4CCN(CC)CC4)CC3)CC2)c(F)c1F. The van der Waals surface area contributed by atoms with E-state index in [2.05, 4.69) is 38.3 Å². The highest BCUT2D eigenvalue weighted by molar-refractivity contribution is 7.91. The van der Waals surface area contributed by atoms with Crippen LogP contribution >= 0.6 is 0 Å². The van der Waals surface area contributed by atoms with Crippen molar-refractivity contribution in [1.29, 1.82) is 0 Å². The molecule has 15 heteroatoms. The number of aromatic nitrogens is 1. The lowest BCUT2D eigenvalue weighted by Gasteiger charge is -2.46. The van der Waals surface area contributed by atoms with Gasteiger partial charge in [-0.15, -0.1) is 13.2 Å². The second-order valence-electron chi connectivity index (χ2n) is 19.2. The summed E-state index contributed by atoms with van der Waals surface area (Å²) in [6.07, 6.45) is 22.1. The number of rotatable bonds is 27. The van der Waals surface area contributed by atoms with E-state index in [1.807, 2.05) is 4.90 Å². The van der Waals surface area contributed by atoms with Crippen molar-refractivity contribution in [2.45, 2.75) is 183 Å². The maximum absolute atomic E-state index is 15.9. The summed E-state index contributed by atoms with van der Waals surface area (Å²) in [4.78, 5) is 12.4. The van der Waals surface area contributed by atoms with E-state index in [1.165, 1.54) is 109 Å². The lowest BCUT2D eigenvalue weighted by molar-refractivity contribution is -0.274. The molecule has 9 nitrogen and oxygen atoms in total. The van der Waals surface area contributed by atoms with Gasteiger partial charge in [-0.25, -0.2) is 12.8 Å². The molecule has 1 aromatic heterocycles. The van der Waals surface area contributed by atoms with Crippen molar-refractivity contribution in [2.75, 3.05) is 70.4 Å². The van der Waals surface area contributed by atoms with Crippen LogP contribution in [-0.2, 0) is 9.84 Å². The molecule has 4 heterocycles. The Hall–Kier alpha value is -3.27. The van der Waals surface area contributed by atoms with Gasteiger partial charge in [0.2, 0.25) is 15.7 Å². The van der Waals surface area contributed by atoms with Crippen molar-refractivity contribution in [3.05, 3.63) is 48.2 Å². The molecule has 0 amide bonds. The number of alkyl halides is 3. The molecule has 3 aliphatic heterocycles. The fourth-order valence-electron chi connectivity index (χ4n) is 10.5. The number of piperazine rings is 1. The molecule has 0 unspecified atom stereocenters. The maximum atomic E-state index is 15.9. The molecular weight excluding hydrogens is 886 g/mol. The van der Waals surface area contributed by atoms with E-state index >= 15 is 8.78 Å². The van der Waals surface area contributed by atoms with Crippen molar-refractivity contribution in [2.24, 2.45) is 0 Å². The summed E-state index contributed by atoms with van der Waals surface area (Å²) in [6, 6.07) is 6.54. The fourth-order valence-corrected chi connectivity index (χ4v) is 12.0. The standard InChI is InChI=1S/C52H78F5N5O4S/c1-3-5-6-7-8-9-10-11-12-13-14-15-16-17-18-19-20-21-38-65-46-24-25-47(50(54)49(46)53)67(63,64)48-40-58-45-23-22-43(66-52(55,56)57)39-44(45)51(48)62-32-28-42(29-33-62)61-36-34-60(35-37-61)41-26-30-59(4-2)31-27-41/h22-25,39-42H,3-21,26-38H2,1-2H3. The summed E-state index contributed by atoms with van der Waals surface area (Å²) in [5.41, 5.74) is 0.329. The molecule has 3 fully saturated rings. The van der Waals surface area contributed by atoms with Crippen molar-refractivity contribution in [3.63, 3.8) is 0 Å². The Labute approximate surface area is 398 Å². The molecule has 0 radical (unpaired) electrons. The van der Waals surface area contributed by atoms with E-state index in [4.69, 9.17) is 4.74 Å². The number of benzene rings is 2. The molecule has 0 bridgehead atoms. The van der Waals surface area contributed by atoms with Crippen LogP contribution in [0.4, 0.5) is 27.6 Å². The van der Waals surface area contributed by atoms with Gasteiger partial charge >= 0.3 is 6.36 Å². The molecular formula is C52H78F5N5O4S. The number of likely N-dealkylation sites (tertiary alicyclic amines) is 1. The zero-order chi connectivity index (χ0) is 47.7. The van der Waals surface area contributed by atoms with Crippen LogP contribution in [0, 0.1) is 11.6 Å². The Bertz CT molecular complexity index is 2050. The molecule has 6 rings (SSSR count). The van der Waals surface area contributed by atoms with Crippen LogP contribution in [0.1, 0.15) is 155 Å². The number of piperidine rings is 2. The van der Waals surface area contributed by atoms with Gasteiger partial charge in [-0.2, -0.15) is 4.39 Å². The van der Waals surface area contributed by atoms with Gasteiger partial charge in [-0.05, 0) is 82.1 Å². The van der Waals surface area contributed by atoms with E-state index in [0.29, 0.717) is 38.4 Å². The first-order valence-electron chi connectivity index (χ1n) is 25.9. The van der Waals surface area contributed by atoms with Crippen molar-refractivity contribution in [1.82, 2.24) is 19.7 Å². The van der Waals surface area contributed by atoms with Gasteiger partial charge in [0.15, 0.2) is 11.6 Å². The number of unbranched alkanes of at least 4 members (excludes halogenated alkanes) is 17. The van der Waals surface area contributed by atoms with Gasteiger partial charge in [0.1, 0.15) is 15.5 Å². The number of anilines is 1. The van der Waals surface area contributed by atoms with Crippen LogP contribution in [0.3, 0.4) is 0 Å². The van der Waals surface area contributed by atoms with E-state index in [-0.39, 0.29) is 35.0 Å². The fraction of sp³-hybridized carbons (Fsp3) is 0.712. The lowest BCUT2D eigenvalue weighted by Crippen LogP contribution is -2.56. The molecule has 3 aliphatic rings. The smallest absolute Gasteiger partial charge is 0.490 e. The minimum Gasteiger partial charge on any atom is -0.490 e. The van der Waals surface area contributed by atoms with Gasteiger partial charge < -0.3 is 19.3 Å². The van der Waals surface area contributed by atoms with Gasteiger partial charge in [0.25, 0.3) is 0 Å². The average molecular weight is 964 g/mol. The third-order valence-corrected chi connectivity index (χ3v) is 16.3. The van der Waals surface area contributed by atoms with Crippen LogP contribution in [0.2, 0.25) is 0 Å². The van der Waals surface area contributed by atoms with Crippen LogP contribution in [0.15, 0.2) is 46.3 Å². The van der Waals surface area contributed by atoms with Gasteiger partial charge in [0.05, 0.1) is 17.8 Å². The quantitative estimate of drug-likeness (QED) is 0.0548. The van der Waals surface area contributed by atoms with Crippen LogP contribution < -0.4 is 14.4 Å². The number of hydrogen-bond acceptors (Lipinski definition) is 9. The second kappa shape index (κ2) is 26.6. The monoisotopic (exact) mass is 964 g/mol. The molecule has 0 atom stereocenters. The molecule has 67 heavy (non-hydrogen) atoms. The molecule has 376 valence electrons. The van der Waals surface area contributed by atoms with E-state index < -0.39 is 43.4 Å². The van der Waals surface area contributed by atoms with Crippen LogP contribution in [0.25, 0.3) is 10.9 Å². The summed E-state index contributed by atoms with van der Waals surface area (Å²) >= 11 is 0. The zero-order valence-corrected chi connectivity index (χ0v) is 41.2.